The summed E-state index contributed by atoms with van der Waals surface area (Å²) < 4.78 is 39.0. The van der Waals surface area contributed by atoms with Crippen molar-refractivity contribution in [2.24, 2.45) is 0 Å². The highest BCUT2D eigenvalue weighted by atomic mass is 19.4. The van der Waals surface area contributed by atoms with E-state index in [2.05, 4.69) is 15.3 Å². The number of nitrogens with zero attached hydrogens (tertiary/aromatic N) is 2. The Morgan fingerprint density at radius 2 is 1.85 bits per heavy atom. The van der Waals surface area contributed by atoms with Crippen LogP contribution in [0.15, 0.2) is 30.3 Å². The molecule has 0 saturated carbocycles. The molecule has 0 spiro atoms. The fraction of sp³-hybridized carbons (Fsp3) is 0.286. The first-order chi connectivity index (χ1) is 9.41. The van der Waals surface area contributed by atoms with Crippen molar-refractivity contribution in [3.05, 3.63) is 41.6 Å². The standard InChI is InChI=1S/C14H14F3N3/c1-3-18-12-8-9(2)19-13(20-12)10-6-4-5-7-11(10)14(15,16)17/h4-8H,3H2,1-2H3,(H,18,19,20). The topological polar surface area (TPSA) is 37.8 Å². The number of alkyl halides is 3. The van der Waals surface area contributed by atoms with E-state index in [4.69, 9.17) is 0 Å². The molecule has 6 heteroatoms. The number of hydrogen-bond donors (Lipinski definition) is 1. The summed E-state index contributed by atoms with van der Waals surface area (Å²) >= 11 is 0. The van der Waals surface area contributed by atoms with Crippen molar-refractivity contribution < 1.29 is 13.2 Å². The van der Waals surface area contributed by atoms with Gasteiger partial charge in [-0.3, -0.25) is 0 Å². The summed E-state index contributed by atoms with van der Waals surface area (Å²) in [5.74, 6) is 0.598. The van der Waals surface area contributed by atoms with E-state index >= 15 is 0 Å². The van der Waals surface area contributed by atoms with Gasteiger partial charge in [0.1, 0.15) is 5.82 Å². The lowest BCUT2D eigenvalue weighted by molar-refractivity contribution is -0.137. The number of nitrogens with one attached hydrogen (secondary N) is 1. The largest absolute Gasteiger partial charge is 0.417 e. The first-order valence-corrected chi connectivity index (χ1v) is 6.18. The van der Waals surface area contributed by atoms with Gasteiger partial charge in [-0.1, -0.05) is 18.2 Å². The summed E-state index contributed by atoms with van der Waals surface area (Å²) in [7, 11) is 0. The Hall–Kier alpha value is -2.11. The summed E-state index contributed by atoms with van der Waals surface area (Å²) in [6.07, 6.45) is -4.43. The fourth-order valence-corrected chi connectivity index (χ4v) is 1.89. The van der Waals surface area contributed by atoms with Crippen molar-refractivity contribution in [3.8, 4) is 11.4 Å². The molecule has 2 rings (SSSR count). The van der Waals surface area contributed by atoms with Gasteiger partial charge in [0.2, 0.25) is 0 Å². The van der Waals surface area contributed by atoms with Crippen LogP contribution in [0.5, 0.6) is 0 Å². The van der Waals surface area contributed by atoms with E-state index < -0.39 is 11.7 Å². The average molecular weight is 281 g/mol. The van der Waals surface area contributed by atoms with Crippen molar-refractivity contribution in [3.63, 3.8) is 0 Å². The zero-order valence-corrected chi connectivity index (χ0v) is 11.1. The third kappa shape index (κ3) is 3.07. The lowest BCUT2D eigenvalue weighted by Crippen LogP contribution is -2.09. The summed E-state index contributed by atoms with van der Waals surface area (Å²) in [5.41, 5.74) is -0.126. The molecule has 0 aliphatic rings. The molecule has 0 unspecified atom stereocenters. The second-order valence-electron chi connectivity index (χ2n) is 4.29. The minimum Gasteiger partial charge on any atom is -0.370 e. The highest BCUT2D eigenvalue weighted by Crippen LogP contribution is 2.35. The highest BCUT2D eigenvalue weighted by molar-refractivity contribution is 5.62. The van der Waals surface area contributed by atoms with Gasteiger partial charge in [0, 0.05) is 23.9 Å². The summed E-state index contributed by atoms with van der Waals surface area (Å²) in [4.78, 5) is 8.25. The van der Waals surface area contributed by atoms with E-state index in [1.54, 1.807) is 19.1 Å². The van der Waals surface area contributed by atoms with Gasteiger partial charge in [0.15, 0.2) is 5.82 Å². The van der Waals surface area contributed by atoms with Gasteiger partial charge in [-0.05, 0) is 19.9 Å². The van der Waals surface area contributed by atoms with Crippen LogP contribution in [0.2, 0.25) is 0 Å². The maximum atomic E-state index is 13.0. The van der Waals surface area contributed by atoms with Crippen LogP contribution in [0, 0.1) is 6.92 Å². The lowest BCUT2D eigenvalue weighted by atomic mass is 10.1. The zero-order chi connectivity index (χ0) is 14.8. The van der Waals surface area contributed by atoms with Crippen LogP contribution >= 0.6 is 0 Å². The van der Waals surface area contributed by atoms with Gasteiger partial charge in [0.05, 0.1) is 5.56 Å². The molecular formula is C14H14F3N3. The maximum absolute atomic E-state index is 13.0. The lowest BCUT2D eigenvalue weighted by Gasteiger charge is -2.13. The van der Waals surface area contributed by atoms with E-state index in [1.165, 1.54) is 12.1 Å². The van der Waals surface area contributed by atoms with Crippen molar-refractivity contribution >= 4 is 5.82 Å². The molecule has 0 atom stereocenters. The second kappa shape index (κ2) is 5.48. The van der Waals surface area contributed by atoms with Crippen LogP contribution in [0.3, 0.4) is 0 Å². The number of aryl methyl sites for hydroxylation is 1. The smallest absolute Gasteiger partial charge is 0.370 e. The average Bonchev–Trinajstić information content (AvgIpc) is 2.37. The monoisotopic (exact) mass is 281 g/mol. The van der Waals surface area contributed by atoms with E-state index in [-0.39, 0.29) is 11.4 Å². The fourth-order valence-electron chi connectivity index (χ4n) is 1.89. The molecule has 0 aliphatic carbocycles. The summed E-state index contributed by atoms with van der Waals surface area (Å²) in [5, 5.41) is 2.98. The van der Waals surface area contributed by atoms with Gasteiger partial charge in [-0.25, -0.2) is 9.97 Å². The Kier molecular flexibility index (Phi) is 3.92. The summed E-state index contributed by atoms with van der Waals surface area (Å²) in [6, 6.07) is 7.01. The first kappa shape index (κ1) is 14.3. The van der Waals surface area contributed by atoms with Crippen molar-refractivity contribution in [1.29, 1.82) is 0 Å². The predicted molar refractivity (Wildman–Crippen MR) is 71.4 cm³/mol. The van der Waals surface area contributed by atoms with Gasteiger partial charge in [-0.2, -0.15) is 13.2 Å². The van der Waals surface area contributed by atoms with E-state index in [9.17, 15) is 13.2 Å². The molecule has 0 amide bonds. The molecule has 1 heterocycles. The predicted octanol–water partition coefficient (Wildman–Crippen LogP) is 3.90. The molecule has 20 heavy (non-hydrogen) atoms. The van der Waals surface area contributed by atoms with Gasteiger partial charge in [-0.15, -0.1) is 0 Å². The number of benzene rings is 1. The summed E-state index contributed by atoms with van der Waals surface area (Å²) in [6.45, 7) is 4.25. The molecule has 1 aromatic carbocycles. The minimum atomic E-state index is -4.43. The van der Waals surface area contributed by atoms with Crippen LogP contribution in [-0.2, 0) is 6.18 Å². The van der Waals surface area contributed by atoms with Crippen molar-refractivity contribution in [2.45, 2.75) is 20.0 Å². The van der Waals surface area contributed by atoms with Crippen LogP contribution < -0.4 is 5.32 Å². The molecule has 0 bridgehead atoms. The number of rotatable bonds is 3. The maximum Gasteiger partial charge on any atom is 0.417 e. The normalized spacial score (nSPS) is 11.4. The number of halogens is 3. The van der Waals surface area contributed by atoms with Crippen molar-refractivity contribution in [1.82, 2.24) is 9.97 Å². The van der Waals surface area contributed by atoms with Crippen LogP contribution in [0.4, 0.5) is 19.0 Å². The molecule has 3 nitrogen and oxygen atoms in total. The highest BCUT2D eigenvalue weighted by Gasteiger charge is 2.34. The van der Waals surface area contributed by atoms with Gasteiger partial charge < -0.3 is 5.32 Å². The number of anilines is 1. The molecule has 0 aliphatic heterocycles. The Balaban J connectivity index is 2.57. The van der Waals surface area contributed by atoms with Crippen LogP contribution in [0.25, 0.3) is 11.4 Å². The van der Waals surface area contributed by atoms with Gasteiger partial charge in [0.25, 0.3) is 0 Å². The molecule has 0 saturated heterocycles. The molecule has 2 aromatic rings. The van der Waals surface area contributed by atoms with Crippen molar-refractivity contribution in [2.75, 3.05) is 11.9 Å². The third-order valence-corrected chi connectivity index (χ3v) is 2.69. The number of hydrogen-bond acceptors (Lipinski definition) is 3. The van der Waals surface area contributed by atoms with E-state index in [0.717, 1.165) is 6.07 Å². The first-order valence-electron chi connectivity index (χ1n) is 6.18. The minimum absolute atomic E-state index is 0.0112. The second-order valence-corrected chi connectivity index (χ2v) is 4.29. The Bertz CT molecular complexity index is 609. The quantitative estimate of drug-likeness (QED) is 0.927. The van der Waals surface area contributed by atoms with Crippen LogP contribution in [0.1, 0.15) is 18.2 Å². The molecule has 0 fully saturated rings. The Labute approximate surface area is 114 Å². The van der Waals surface area contributed by atoms with Crippen LogP contribution in [-0.4, -0.2) is 16.5 Å². The van der Waals surface area contributed by atoms with E-state index in [0.29, 0.717) is 18.1 Å². The third-order valence-electron chi connectivity index (χ3n) is 2.69. The zero-order valence-electron chi connectivity index (χ0n) is 11.1. The molecule has 1 aromatic heterocycles. The SMILES string of the molecule is CCNc1cc(C)nc(-c2ccccc2C(F)(F)F)n1. The van der Waals surface area contributed by atoms with E-state index in [1.807, 2.05) is 6.92 Å². The molecular weight excluding hydrogens is 267 g/mol. The molecule has 1 N–H and O–H groups in total. The Morgan fingerprint density at radius 1 is 1.15 bits per heavy atom. The van der Waals surface area contributed by atoms with Gasteiger partial charge >= 0.3 is 6.18 Å². The molecule has 106 valence electrons. The Morgan fingerprint density at radius 3 is 2.50 bits per heavy atom. The number of aromatic nitrogens is 2. The molecule has 0 radical (unpaired) electrons.